The van der Waals surface area contributed by atoms with Gasteiger partial charge in [-0.1, -0.05) is 0 Å². The summed E-state index contributed by atoms with van der Waals surface area (Å²) in [5.41, 5.74) is -1.44. The molecule has 0 spiro atoms. The lowest BCUT2D eigenvalue weighted by atomic mass is 9.95. The SMILES string of the molecule is NNC(=O)C12CNCC1(C(F)(F)F)C2. The second-order valence-corrected chi connectivity index (χ2v) is 3.92. The lowest BCUT2D eigenvalue weighted by Crippen LogP contribution is -2.43. The van der Waals surface area contributed by atoms with Gasteiger partial charge in [0.15, 0.2) is 0 Å². The minimum atomic E-state index is -4.34. The fourth-order valence-electron chi connectivity index (χ4n) is 2.41. The molecule has 2 fully saturated rings. The van der Waals surface area contributed by atoms with Crippen LogP contribution in [0, 0.1) is 10.8 Å². The number of nitrogens with one attached hydrogen (secondary N) is 2. The lowest BCUT2D eigenvalue weighted by molar-refractivity contribution is -0.192. The van der Waals surface area contributed by atoms with Crippen LogP contribution in [0.2, 0.25) is 0 Å². The van der Waals surface area contributed by atoms with Gasteiger partial charge in [0.25, 0.3) is 0 Å². The van der Waals surface area contributed by atoms with Crippen LogP contribution in [-0.4, -0.2) is 25.2 Å². The van der Waals surface area contributed by atoms with E-state index in [2.05, 4.69) is 5.32 Å². The van der Waals surface area contributed by atoms with E-state index in [0.29, 0.717) is 0 Å². The number of hydrazine groups is 1. The average molecular weight is 209 g/mol. The molecule has 2 aliphatic rings. The maximum Gasteiger partial charge on any atom is 0.396 e. The number of rotatable bonds is 1. The van der Waals surface area contributed by atoms with Crippen LogP contribution < -0.4 is 16.6 Å². The Kier molecular flexibility index (Phi) is 1.67. The van der Waals surface area contributed by atoms with E-state index >= 15 is 0 Å². The zero-order chi connectivity index (χ0) is 10.6. The molecule has 1 saturated carbocycles. The molecule has 0 aromatic rings. The van der Waals surface area contributed by atoms with Crippen molar-refractivity contribution in [2.75, 3.05) is 13.1 Å². The van der Waals surface area contributed by atoms with Gasteiger partial charge in [-0.15, -0.1) is 0 Å². The fraction of sp³-hybridized carbons (Fsp3) is 0.857. The minimum absolute atomic E-state index is 0.0511. The van der Waals surface area contributed by atoms with Crippen LogP contribution in [0.4, 0.5) is 13.2 Å². The Morgan fingerprint density at radius 3 is 2.50 bits per heavy atom. The van der Waals surface area contributed by atoms with Crippen molar-refractivity contribution in [3.8, 4) is 0 Å². The first-order valence-electron chi connectivity index (χ1n) is 4.18. The monoisotopic (exact) mass is 209 g/mol. The largest absolute Gasteiger partial charge is 0.396 e. The van der Waals surface area contributed by atoms with Crippen molar-refractivity contribution in [2.45, 2.75) is 12.6 Å². The van der Waals surface area contributed by atoms with Crippen molar-refractivity contribution in [3.05, 3.63) is 0 Å². The summed E-state index contributed by atoms with van der Waals surface area (Å²) < 4.78 is 38.0. The van der Waals surface area contributed by atoms with E-state index in [4.69, 9.17) is 5.84 Å². The van der Waals surface area contributed by atoms with Gasteiger partial charge >= 0.3 is 6.18 Å². The highest BCUT2D eigenvalue weighted by atomic mass is 19.4. The predicted octanol–water partition coefficient (Wildman–Crippen LogP) is -0.482. The van der Waals surface area contributed by atoms with Gasteiger partial charge in [0, 0.05) is 13.1 Å². The summed E-state index contributed by atoms with van der Waals surface area (Å²) in [6, 6.07) is 0. The summed E-state index contributed by atoms with van der Waals surface area (Å²) in [6.45, 7) is -0.139. The van der Waals surface area contributed by atoms with Crippen molar-refractivity contribution < 1.29 is 18.0 Å². The van der Waals surface area contributed by atoms with E-state index in [-0.39, 0.29) is 19.5 Å². The quantitative estimate of drug-likeness (QED) is 0.310. The maximum atomic E-state index is 12.7. The highest BCUT2D eigenvalue weighted by molar-refractivity contribution is 5.88. The summed E-state index contributed by atoms with van der Waals surface area (Å²) in [5.74, 6) is 4.15. The van der Waals surface area contributed by atoms with E-state index in [1.807, 2.05) is 5.43 Å². The van der Waals surface area contributed by atoms with Gasteiger partial charge in [0.2, 0.25) is 5.91 Å². The van der Waals surface area contributed by atoms with Crippen LogP contribution in [0.5, 0.6) is 0 Å². The second kappa shape index (κ2) is 2.40. The third kappa shape index (κ3) is 0.838. The third-order valence-electron chi connectivity index (χ3n) is 3.36. The van der Waals surface area contributed by atoms with Gasteiger partial charge in [-0.05, 0) is 6.42 Å². The summed E-state index contributed by atoms with van der Waals surface area (Å²) in [5, 5.41) is 2.59. The van der Waals surface area contributed by atoms with E-state index in [0.717, 1.165) is 0 Å². The van der Waals surface area contributed by atoms with Crippen LogP contribution in [-0.2, 0) is 4.79 Å². The molecule has 80 valence electrons. The molecule has 0 radical (unpaired) electrons. The topological polar surface area (TPSA) is 67.1 Å². The molecule has 2 rings (SSSR count). The van der Waals surface area contributed by atoms with Crippen molar-refractivity contribution in [3.63, 3.8) is 0 Å². The molecule has 0 aromatic heterocycles. The number of piperidine rings is 1. The first-order valence-corrected chi connectivity index (χ1v) is 4.18. The zero-order valence-corrected chi connectivity index (χ0v) is 7.24. The number of carbonyl (C=O) groups is 1. The molecule has 0 aromatic carbocycles. The Morgan fingerprint density at radius 1 is 1.43 bits per heavy atom. The number of halogens is 3. The standard InChI is InChI=1S/C7H10F3N3O/c8-7(9,10)6-1-5(6,2-12-3-6)4(14)13-11/h12H,1-3,11H2,(H,13,14). The van der Waals surface area contributed by atoms with Crippen LogP contribution in [0.25, 0.3) is 0 Å². The Balaban J connectivity index is 2.30. The maximum absolute atomic E-state index is 12.7. The van der Waals surface area contributed by atoms with Gasteiger partial charge in [0.1, 0.15) is 0 Å². The van der Waals surface area contributed by atoms with E-state index in [1.54, 1.807) is 0 Å². The van der Waals surface area contributed by atoms with Gasteiger partial charge < -0.3 is 5.32 Å². The number of nitrogens with two attached hydrogens (primary N) is 1. The Bertz CT molecular complexity index is 292. The van der Waals surface area contributed by atoms with Crippen molar-refractivity contribution in [1.82, 2.24) is 10.7 Å². The molecule has 1 aliphatic carbocycles. The van der Waals surface area contributed by atoms with E-state index in [1.165, 1.54) is 0 Å². The molecule has 1 heterocycles. The number of fused-ring (bicyclic) bond motifs is 1. The smallest absolute Gasteiger partial charge is 0.315 e. The van der Waals surface area contributed by atoms with Crippen LogP contribution in [0.3, 0.4) is 0 Å². The predicted molar refractivity (Wildman–Crippen MR) is 40.7 cm³/mol. The summed E-state index contributed by atoms with van der Waals surface area (Å²) in [7, 11) is 0. The molecule has 1 aliphatic heterocycles. The molecule has 2 atom stereocenters. The van der Waals surface area contributed by atoms with Crippen LogP contribution in [0.15, 0.2) is 0 Å². The fourth-order valence-corrected chi connectivity index (χ4v) is 2.41. The van der Waals surface area contributed by atoms with Crippen molar-refractivity contribution in [1.29, 1.82) is 0 Å². The summed E-state index contributed by atoms with van der Waals surface area (Å²) in [6.07, 6.45) is -4.50. The Labute approximate surface area is 78.0 Å². The van der Waals surface area contributed by atoms with Gasteiger partial charge in [-0.2, -0.15) is 13.2 Å². The molecule has 0 bridgehead atoms. The lowest BCUT2D eigenvalue weighted by Gasteiger charge is -2.19. The normalized spacial score (nSPS) is 40.6. The Morgan fingerprint density at radius 2 is 2.07 bits per heavy atom. The highest BCUT2D eigenvalue weighted by Gasteiger charge is 2.84. The number of hydrogen-bond donors (Lipinski definition) is 3. The Hall–Kier alpha value is -0.820. The molecule has 4 nitrogen and oxygen atoms in total. The van der Waals surface area contributed by atoms with Crippen LogP contribution in [0.1, 0.15) is 6.42 Å². The molecule has 7 heteroatoms. The zero-order valence-electron chi connectivity index (χ0n) is 7.24. The number of carbonyl (C=O) groups excluding carboxylic acids is 1. The number of amides is 1. The first kappa shape index (κ1) is 9.72. The molecular weight excluding hydrogens is 199 g/mol. The van der Waals surface area contributed by atoms with E-state index in [9.17, 15) is 18.0 Å². The molecule has 1 saturated heterocycles. The first-order chi connectivity index (χ1) is 6.40. The number of alkyl halides is 3. The van der Waals surface area contributed by atoms with Crippen LogP contribution >= 0.6 is 0 Å². The molecule has 2 unspecified atom stereocenters. The number of hydrogen-bond acceptors (Lipinski definition) is 3. The molecular formula is C7H10F3N3O. The van der Waals surface area contributed by atoms with E-state index < -0.39 is 22.9 Å². The highest BCUT2D eigenvalue weighted by Crippen LogP contribution is 2.72. The average Bonchev–Trinajstić information content (AvgIpc) is 2.64. The summed E-state index contributed by atoms with van der Waals surface area (Å²) >= 11 is 0. The van der Waals surface area contributed by atoms with Gasteiger partial charge in [-0.25, -0.2) is 5.84 Å². The molecule has 4 N–H and O–H groups in total. The second-order valence-electron chi connectivity index (χ2n) is 3.92. The van der Waals surface area contributed by atoms with Gasteiger partial charge in [0.05, 0.1) is 10.8 Å². The third-order valence-corrected chi connectivity index (χ3v) is 3.36. The molecule has 1 amide bonds. The summed E-state index contributed by atoms with van der Waals surface area (Å²) in [4.78, 5) is 11.3. The van der Waals surface area contributed by atoms with Crippen molar-refractivity contribution in [2.24, 2.45) is 16.7 Å². The van der Waals surface area contributed by atoms with Crippen molar-refractivity contribution >= 4 is 5.91 Å². The molecule has 14 heavy (non-hydrogen) atoms. The minimum Gasteiger partial charge on any atom is -0.315 e. The van der Waals surface area contributed by atoms with Gasteiger partial charge in [-0.3, -0.25) is 10.2 Å².